The lowest BCUT2D eigenvalue weighted by molar-refractivity contribution is 0.0768. The molecule has 4 N–H and O–H groups in total. The number of furan rings is 1. The Morgan fingerprint density at radius 2 is 1.89 bits per heavy atom. The van der Waals surface area contributed by atoms with Gasteiger partial charge in [-0.25, -0.2) is 0 Å². The molecule has 1 heterocycles. The second-order valence-electron chi connectivity index (χ2n) is 5.87. The maximum Gasteiger partial charge on any atom is 0.197 e. The molecule has 142 valence electrons. The van der Waals surface area contributed by atoms with E-state index in [2.05, 4.69) is 31.9 Å². The Balaban J connectivity index is 2.40. The molecule has 8 heteroatoms. The topological polar surface area (TPSA) is 111 Å². The van der Waals surface area contributed by atoms with E-state index in [0.717, 1.165) is 5.56 Å². The van der Waals surface area contributed by atoms with E-state index in [1.807, 2.05) is 6.92 Å². The van der Waals surface area contributed by atoms with Crippen molar-refractivity contribution in [2.24, 2.45) is 0 Å². The number of halogens is 2. The monoisotopic (exact) mass is 500 g/mol. The van der Waals surface area contributed by atoms with Gasteiger partial charge in [0, 0.05) is 25.5 Å². The first-order chi connectivity index (χ1) is 13.6. The van der Waals surface area contributed by atoms with Crippen LogP contribution in [0.3, 0.4) is 0 Å². The normalized spacial score (nSPS) is 13.6. The second kappa shape index (κ2) is 7.73. The predicted octanol–water partition coefficient (Wildman–Crippen LogP) is 3.72. The highest BCUT2D eigenvalue weighted by atomic mass is 79.9. The zero-order valence-electron chi connectivity index (χ0n) is 16.0. The molecular weight excluding hydrogens is 484 g/mol. The molecule has 2 aromatic carbocycles. The Morgan fingerprint density at radius 3 is 2.44 bits per heavy atom. The van der Waals surface area contributed by atoms with Crippen LogP contribution in [0.15, 0.2) is 37.6 Å². The molecule has 1 aromatic heterocycles. The van der Waals surface area contributed by atoms with E-state index in [-0.39, 0.29) is 33.4 Å². The molecule has 0 amide bonds. The van der Waals surface area contributed by atoms with Crippen LogP contribution in [-0.2, 0) is 6.61 Å². The van der Waals surface area contributed by atoms with Gasteiger partial charge in [0.1, 0.15) is 23.2 Å². The number of aliphatic hydroxyl groups is 3. The Kier molecular flexibility index (Phi) is 4.98. The number of ketones is 1. The number of fused-ring (bicyclic) bond motifs is 1. The van der Waals surface area contributed by atoms with E-state index in [1.165, 1.54) is 0 Å². The summed E-state index contributed by atoms with van der Waals surface area (Å²) >= 11 is 6.73. The van der Waals surface area contributed by atoms with Crippen molar-refractivity contribution in [2.45, 2.75) is 19.6 Å². The van der Waals surface area contributed by atoms with Gasteiger partial charge in [0.05, 0.1) is 21.5 Å². The third-order valence-electron chi connectivity index (χ3n) is 4.13. The lowest BCUT2D eigenvalue weighted by Crippen LogP contribution is -2.09. The molecule has 0 saturated carbocycles. The largest absolute Gasteiger partial charge is 0.508 e. The summed E-state index contributed by atoms with van der Waals surface area (Å²) in [6.07, 6.45) is -1.59. The van der Waals surface area contributed by atoms with Crippen LogP contribution in [0.1, 0.15) is 41.7 Å². The highest BCUT2D eigenvalue weighted by Crippen LogP contribution is 2.37. The van der Waals surface area contributed by atoms with Crippen molar-refractivity contribution in [3.63, 3.8) is 0 Å². The van der Waals surface area contributed by atoms with Crippen molar-refractivity contribution in [2.75, 3.05) is 6.61 Å². The number of aromatic hydroxyl groups is 1. The van der Waals surface area contributed by atoms with Gasteiger partial charge in [-0.2, -0.15) is 0 Å². The van der Waals surface area contributed by atoms with Gasteiger partial charge >= 0.3 is 0 Å². The highest BCUT2D eigenvalue weighted by molar-refractivity contribution is 9.11. The van der Waals surface area contributed by atoms with Crippen molar-refractivity contribution in [3.8, 4) is 5.75 Å². The number of rotatable bonds is 5. The number of benzene rings is 2. The standard InChI is InChI=1S/C19H16Br2O6/c1-8-12(20)2-9(3-13(8)21)18(26)17-11-5-14(24)10(6-22)4-16(11)27-19(17)15(25)7-23/h2-5,15,22-25H,6-7H2,1H3/i4D,5D. The summed E-state index contributed by atoms with van der Waals surface area (Å²) < 4.78 is 23.2. The van der Waals surface area contributed by atoms with Gasteiger partial charge in [0.25, 0.3) is 0 Å². The number of phenols is 1. The van der Waals surface area contributed by atoms with E-state index in [4.69, 9.17) is 7.16 Å². The van der Waals surface area contributed by atoms with Crippen molar-refractivity contribution < 1.29 is 32.4 Å². The molecule has 0 radical (unpaired) electrons. The molecule has 0 aliphatic rings. The molecule has 1 atom stereocenters. The summed E-state index contributed by atoms with van der Waals surface area (Å²) in [5.74, 6) is -1.61. The Hall–Kier alpha value is -1.71. The fourth-order valence-corrected chi connectivity index (χ4v) is 3.81. The third-order valence-corrected chi connectivity index (χ3v) is 5.78. The first kappa shape index (κ1) is 17.4. The van der Waals surface area contributed by atoms with Crippen LogP contribution in [0.2, 0.25) is 0 Å². The highest BCUT2D eigenvalue weighted by Gasteiger charge is 2.27. The van der Waals surface area contributed by atoms with Crippen molar-refractivity contribution in [3.05, 3.63) is 61.2 Å². The van der Waals surface area contributed by atoms with Crippen LogP contribution in [0.4, 0.5) is 0 Å². The molecule has 0 spiro atoms. The first-order valence-corrected chi connectivity index (χ1v) is 9.40. The minimum absolute atomic E-state index is 0.176. The molecule has 6 nitrogen and oxygen atoms in total. The van der Waals surface area contributed by atoms with Gasteiger partial charge in [-0.3, -0.25) is 4.79 Å². The molecule has 3 rings (SSSR count). The van der Waals surface area contributed by atoms with E-state index in [9.17, 15) is 25.2 Å². The van der Waals surface area contributed by atoms with Crippen molar-refractivity contribution >= 4 is 48.6 Å². The molecule has 3 aromatic rings. The number of carbonyl (C=O) groups excluding carboxylic acids is 1. The minimum Gasteiger partial charge on any atom is -0.508 e. The number of hydrogen-bond donors (Lipinski definition) is 4. The molecule has 0 saturated heterocycles. The number of hydrogen-bond acceptors (Lipinski definition) is 6. The molecular formula is C19H16Br2O6. The zero-order chi connectivity index (χ0) is 21.6. The van der Waals surface area contributed by atoms with Crippen LogP contribution in [-0.4, -0.2) is 32.8 Å². The quantitative estimate of drug-likeness (QED) is 0.396. The maximum atomic E-state index is 13.3. The summed E-state index contributed by atoms with van der Waals surface area (Å²) in [6.45, 7) is 0.354. The Labute approximate surface area is 174 Å². The lowest BCUT2D eigenvalue weighted by Gasteiger charge is -2.09. The first-order valence-electron chi connectivity index (χ1n) is 8.81. The lowest BCUT2D eigenvalue weighted by atomic mass is 9.97. The number of carbonyl (C=O) groups is 1. The fraction of sp³-hybridized carbons (Fsp3) is 0.211. The fourth-order valence-electron chi connectivity index (χ4n) is 2.62. The zero-order valence-corrected chi connectivity index (χ0v) is 17.2. The summed E-state index contributed by atoms with van der Waals surface area (Å²) in [5, 5.41) is 39.1. The third kappa shape index (κ3) is 3.55. The Morgan fingerprint density at radius 1 is 1.26 bits per heavy atom. The van der Waals surface area contributed by atoms with Gasteiger partial charge in [-0.15, -0.1) is 0 Å². The molecule has 0 aliphatic carbocycles. The summed E-state index contributed by atoms with van der Waals surface area (Å²) in [5.41, 5.74) is 0.339. The van der Waals surface area contributed by atoms with Gasteiger partial charge in [0.2, 0.25) is 0 Å². The average Bonchev–Trinajstić information content (AvgIpc) is 3.10. The van der Waals surface area contributed by atoms with E-state index in [0.29, 0.717) is 8.95 Å². The summed E-state index contributed by atoms with van der Waals surface area (Å²) in [7, 11) is 0. The van der Waals surface area contributed by atoms with Gasteiger partial charge < -0.3 is 24.8 Å². The summed E-state index contributed by atoms with van der Waals surface area (Å²) in [4.78, 5) is 13.3. The van der Waals surface area contributed by atoms with Gasteiger partial charge in [-0.05, 0) is 36.7 Å². The van der Waals surface area contributed by atoms with Crippen LogP contribution in [0.25, 0.3) is 11.0 Å². The Bertz CT molecular complexity index is 1120. The molecule has 27 heavy (non-hydrogen) atoms. The second-order valence-corrected chi connectivity index (χ2v) is 7.58. The van der Waals surface area contributed by atoms with Crippen LogP contribution in [0.5, 0.6) is 5.75 Å². The maximum absolute atomic E-state index is 13.3. The minimum atomic E-state index is -1.59. The van der Waals surface area contributed by atoms with Crippen molar-refractivity contribution in [1.82, 2.24) is 0 Å². The SMILES string of the molecule is [2H]c1c(CO)c(O)c([2H])c2c(C(=O)c3cc(Br)c(C)c(Br)c3)c(C(O)CO)oc12. The number of aliphatic hydroxyl groups excluding tert-OH is 3. The van der Waals surface area contributed by atoms with E-state index < -0.39 is 42.9 Å². The summed E-state index contributed by atoms with van der Waals surface area (Å²) in [6, 6.07) is 2.19. The van der Waals surface area contributed by atoms with E-state index in [1.54, 1.807) is 12.1 Å². The smallest absolute Gasteiger partial charge is 0.197 e. The average molecular weight is 502 g/mol. The van der Waals surface area contributed by atoms with Gasteiger partial charge in [-0.1, -0.05) is 31.9 Å². The predicted molar refractivity (Wildman–Crippen MR) is 106 cm³/mol. The van der Waals surface area contributed by atoms with Crippen LogP contribution in [0, 0.1) is 6.92 Å². The molecule has 0 fully saturated rings. The van der Waals surface area contributed by atoms with Crippen molar-refractivity contribution in [1.29, 1.82) is 0 Å². The van der Waals surface area contributed by atoms with Crippen LogP contribution >= 0.6 is 31.9 Å². The molecule has 0 bridgehead atoms. The van der Waals surface area contributed by atoms with E-state index >= 15 is 0 Å². The molecule has 1 unspecified atom stereocenters. The molecule has 0 aliphatic heterocycles. The van der Waals surface area contributed by atoms with Crippen LogP contribution < -0.4 is 0 Å². The van der Waals surface area contributed by atoms with Gasteiger partial charge in [0.15, 0.2) is 5.78 Å².